The van der Waals surface area contributed by atoms with Crippen molar-refractivity contribution in [1.29, 1.82) is 0 Å². The molecule has 1 amide bonds. The lowest BCUT2D eigenvalue weighted by Gasteiger charge is -2.35. The van der Waals surface area contributed by atoms with Crippen LogP contribution in [-0.2, 0) is 30.8 Å². The monoisotopic (exact) mass is 462 g/mol. The zero-order valence-electron chi connectivity index (χ0n) is 17.4. The lowest BCUT2D eigenvalue weighted by atomic mass is 9.96. The van der Waals surface area contributed by atoms with Gasteiger partial charge in [-0.05, 0) is 55.7 Å². The third-order valence-corrected chi connectivity index (χ3v) is 9.28. The number of thiophene rings is 1. The number of hydrogen-bond acceptors (Lipinski definition) is 6. The number of nitrogens with zero attached hydrogens (tertiary/aromatic N) is 2. The number of aryl methyl sites for hydroxylation is 1. The number of carbonyl (C=O) groups excluding carboxylic acids is 2. The molecule has 2 aliphatic rings. The van der Waals surface area contributed by atoms with Crippen LogP contribution < -0.4 is 4.90 Å². The van der Waals surface area contributed by atoms with Gasteiger partial charge in [-0.15, -0.1) is 11.3 Å². The first-order valence-corrected chi connectivity index (χ1v) is 12.8. The smallest absolute Gasteiger partial charge is 0.309 e. The van der Waals surface area contributed by atoms with E-state index in [1.807, 2.05) is 31.2 Å². The standard InChI is InChI=1S/C22H26N2O5S2/c1-16-8-9-17-5-2-3-6-19(17)24(16)20(25)15-29-22(26)18-10-12-23(13-11-18)31(27,28)21-7-4-14-30-21/h2-7,14,16,18H,8-13,15H2,1H3. The van der Waals surface area contributed by atoms with Crippen LogP contribution in [0.25, 0.3) is 0 Å². The Kier molecular flexibility index (Phi) is 6.45. The molecular formula is C22H26N2O5S2. The topological polar surface area (TPSA) is 84.0 Å². The number of fused-ring (bicyclic) bond motifs is 1. The van der Waals surface area contributed by atoms with Crippen molar-refractivity contribution in [1.82, 2.24) is 4.31 Å². The number of carbonyl (C=O) groups is 2. The van der Waals surface area contributed by atoms with Crippen molar-refractivity contribution < 1.29 is 22.7 Å². The minimum atomic E-state index is -3.50. The second-order valence-electron chi connectivity index (χ2n) is 8.00. The van der Waals surface area contributed by atoms with Crippen LogP contribution in [0.3, 0.4) is 0 Å². The van der Waals surface area contributed by atoms with Gasteiger partial charge >= 0.3 is 5.97 Å². The maximum atomic E-state index is 12.8. The van der Waals surface area contributed by atoms with Crippen molar-refractivity contribution in [3.05, 3.63) is 47.3 Å². The highest BCUT2D eigenvalue weighted by Crippen LogP contribution is 2.31. The molecule has 0 spiro atoms. The Hall–Kier alpha value is -2.23. The van der Waals surface area contributed by atoms with Crippen molar-refractivity contribution in [2.75, 3.05) is 24.6 Å². The van der Waals surface area contributed by atoms with Gasteiger partial charge in [0, 0.05) is 24.8 Å². The number of hydrogen-bond donors (Lipinski definition) is 0. The van der Waals surface area contributed by atoms with Gasteiger partial charge < -0.3 is 9.64 Å². The Morgan fingerprint density at radius 1 is 1.10 bits per heavy atom. The second-order valence-corrected chi connectivity index (χ2v) is 11.1. The van der Waals surface area contributed by atoms with Crippen molar-refractivity contribution >= 4 is 38.9 Å². The molecule has 3 heterocycles. The summed E-state index contributed by atoms with van der Waals surface area (Å²) in [6.45, 7) is 2.24. The van der Waals surface area contributed by atoms with Crippen molar-refractivity contribution in [2.24, 2.45) is 5.92 Å². The number of esters is 1. The van der Waals surface area contributed by atoms with E-state index in [1.165, 1.54) is 15.6 Å². The highest BCUT2D eigenvalue weighted by atomic mass is 32.2. The molecule has 1 atom stereocenters. The number of benzene rings is 1. The lowest BCUT2D eigenvalue weighted by molar-refractivity contribution is -0.153. The minimum Gasteiger partial charge on any atom is -0.455 e. The van der Waals surface area contributed by atoms with Crippen LogP contribution in [0.2, 0.25) is 0 Å². The molecule has 1 unspecified atom stereocenters. The Bertz CT molecular complexity index is 1040. The van der Waals surface area contributed by atoms with Gasteiger partial charge in [0.15, 0.2) is 6.61 Å². The highest BCUT2D eigenvalue weighted by Gasteiger charge is 2.34. The van der Waals surface area contributed by atoms with E-state index in [9.17, 15) is 18.0 Å². The maximum Gasteiger partial charge on any atom is 0.309 e. The van der Waals surface area contributed by atoms with Gasteiger partial charge in [0.05, 0.1) is 5.92 Å². The molecule has 0 bridgehead atoms. The van der Waals surface area contributed by atoms with E-state index >= 15 is 0 Å². The number of amides is 1. The summed E-state index contributed by atoms with van der Waals surface area (Å²) < 4.78 is 32.3. The van der Waals surface area contributed by atoms with Gasteiger partial charge in [-0.3, -0.25) is 9.59 Å². The van der Waals surface area contributed by atoms with Crippen molar-refractivity contribution in [3.63, 3.8) is 0 Å². The Balaban J connectivity index is 1.32. The SMILES string of the molecule is CC1CCc2ccccc2N1C(=O)COC(=O)C1CCN(S(=O)(=O)c2cccs2)CC1. The summed E-state index contributed by atoms with van der Waals surface area (Å²) in [6, 6.07) is 11.2. The third kappa shape index (κ3) is 4.53. The van der Waals surface area contributed by atoms with E-state index in [0.29, 0.717) is 17.1 Å². The first kappa shape index (κ1) is 22.0. The molecule has 2 aliphatic heterocycles. The molecule has 0 radical (unpaired) electrons. The van der Waals surface area contributed by atoms with Gasteiger partial charge in [0.2, 0.25) is 0 Å². The summed E-state index contributed by atoms with van der Waals surface area (Å²) in [7, 11) is -3.50. The molecule has 1 aromatic carbocycles. The molecule has 9 heteroatoms. The molecule has 2 aromatic rings. The lowest BCUT2D eigenvalue weighted by Crippen LogP contribution is -2.45. The largest absolute Gasteiger partial charge is 0.455 e. The minimum absolute atomic E-state index is 0.0480. The third-order valence-electron chi connectivity index (χ3n) is 6.01. The van der Waals surface area contributed by atoms with E-state index in [0.717, 1.165) is 24.1 Å². The van der Waals surface area contributed by atoms with Crippen LogP contribution in [-0.4, -0.2) is 50.3 Å². The fourth-order valence-corrected chi connectivity index (χ4v) is 6.87. The molecule has 4 rings (SSSR count). The molecule has 0 saturated carbocycles. The summed E-state index contributed by atoms with van der Waals surface area (Å²) in [4.78, 5) is 27.1. The number of sulfonamides is 1. The fourth-order valence-electron chi connectivity index (χ4n) is 4.26. The zero-order valence-corrected chi connectivity index (χ0v) is 19.0. The Labute approximate surface area is 186 Å². The molecule has 0 aliphatic carbocycles. The summed E-state index contributed by atoms with van der Waals surface area (Å²) in [5.41, 5.74) is 2.01. The average molecular weight is 463 g/mol. The first-order valence-electron chi connectivity index (χ1n) is 10.5. The molecule has 7 nitrogen and oxygen atoms in total. The predicted octanol–water partition coefficient (Wildman–Crippen LogP) is 3.06. The number of anilines is 1. The Morgan fingerprint density at radius 3 is 2.55 bits per heavy atom. The van der Waals surface area contributed by atoms with E-state index in [2.05, 4.69) is 0 Å². The van der Waals surface area contributed by atoms with Gasteiger partial charge in [-0.1, -0.05) is 24.3 Å². The molecule has 1 fully saturated rings. The second kappa shape index (κ2) is 9.10. The van der Waals surface area contributed by atoms with E-state index < -0.39 is 21.9 Å². The van der Waals surface area contributed by atoms with Crippen LogP contribution in [0.5, 0.6) is 0 Å². The van der Waals surface area contributed by atoms with E-state index in [1.54, 1.807) is 22.4 Å². The van der Waals surface area contributed by atoms with Gasteiger partial charge in [-0.25, -0.2) is 8.42 Å². The zero-order chi connectivity index (χ0) is 22.0. The summed E-state index contributed by atoms with van der Waals surface area (Å²) in [6.07, 6.45) is 2.57. The molecule has 31 heavy (non-hydrogen) atoms. The van der Waals surface area contributed by atoms with E-state index in [4.69, 9.17) is 4.74 Å². The van der Waals surface area contributed by atoms with Crippen LogP contribution >= 0.6 is 11.3 Å². The number of para-hydroxylation sites is 1. The van der Waals surface area contributed by atoms with Crippen LogP contribution in [0.4, 0.5) is 5.69 Å². The number of ether oxygens (including phenoxy) is 1. The number of piperidine rings is 1. The normalized spacial score (nSPS) is 20.3. The summed E-state index contributed by atoms with van der Waals surface area (Å²) in [5, 5.41) is 1.73. The predicted molar refractivity (Wildman–Crippen MR) is 118 cm³/mol. The van der Waals surface area contributed by atoms with Crippen molar-refractivity contribution in [3.8, 4) is 0 Å². The van der Waals surface area contributed by atoms with Gasteiger partial charge in [-0.2, -0.15) is 4.31 Å². The van der Waals surface area contributed by atoms with Crippen molar-refractivity contribution in [2.45, 2.75) is 42.9 Å². The van der Waals surface area contributed by atoms with Crippen LogP contribution in [0.1, 0.15) is 31.7 Å². The molecule has 0 N–H and O–H groups in total. The van der Waals surface area contributed by atoms with Crippen LogP contribution in [0.15, 0.2) is 46.0 Å². The molecular weight excluding hydrogens is 436 g/mol. The van der Waals surface area contributed by atoms with Crippen LogP contribution in [0, 0.1) is 5.92 Å². The van der Waals surface area contributed by atoms with Gasteiger partial charge in [0.25, 0.3) is 15.9 Å². The highest BCUT2D eigenvalue weighted by molar-refractivity contribution is 7.91. The number of rotatable bonds is 5. The molecule has 166 valence electrons. The summed E-state index contributed by atoms with van der Waals surface area (Å²) in [5.74, 6) is -1.06. The quantitative estimate of drug-likeness (QED) is 0.638. The molecule has 1 aromatic heterocycles. The molecule has 1 saturated heterocycles. The maximum absolute atomic E-state index is 12.8. The first-order chi connectivity index (χ1) is 14.9. The fraction of sp³-hybridized carbons (Fsp3) is 0.455. The Morgan fingerprint density at radius 2 is 1.84 bits per heavy atom. The van der Waals surface area contributed by atoms with Gasteiger partial charge in [0.1, 0.15) is 4.21 Å². The van der Waals surface area contributed by atoms with E-state index in [-0.39, 0.29) is 31.6 Å². The summed E-state index contributed by atoms with van der Waals surface area (Å²) >= 11 is 1.19. The average Bonchev–Trinajstić information content (AvgIpc) is 3.33.